The highest BCUT2D eigenvalue weighted by Crippen LogP contribution is 2.36. The molecule has 0 saturated carbocycles. The van der Waals surface area contributed by atoms with Gasteiger partial charge in [-0.15, -0.1) is 0 Å². The van der Waals surface area contributed by atoms with Gasteiger partial charge in [-0.2, -0.15) is 4.31 Å². The van der Waals surface area contributed by atoms with Gasteiger partial charge in [-0.3, -0.25) is 0 Å². The van der Waals surface area contributed by atoms with Crippen LogP contribution in [0.2, 0.25) is 0 Å². The molecule has 0 amide bonds. The number of hydrogen-bond acceptors (Lipinski definition) is 4. The molecule has 0 aromatic carbocycles. The van der Waals surface area contributed by atoms with Crippen LogP contribution in [-0.4, -0.2) is 56.5 Å². The molecule has 1 spiro atoms. The predicted octanol–water partition coefficient (Wildman–Crippen LogP) is 0.996. The van der Waals surface area contributed by atoms with Crippen molar-refractivity contribution in [2.45, 2.75) is 44.8 Å². The molecular formula is C12H23NO4S. The van der Waals surface area contributed by atoms with E-state index in [0.29, 0.717) is 32.7 Å². The van der Waals surface area contributed by atoms with Crippen LogP contribution in [0.3, 0.4) is 0 Å². The third-order valence-electron chi connectivity index (χ3n) is 3.63. The van der Waals surface area contributed by atoms with Crippen LogP contribution in [0.4, 0.5) is 0 Å². The summed E-state index contributed by atoms with van der Waals surface area (Å²) in [5, 5.41) is 0. The van der Waals surface area contributed by atoms with Crippen molar-refractivity contribution >= 4 is 10.0 Å². The van der Waals surface area contributed by atoms with Gasteiger partial charge in [-0.25, -0.2) is 8.42 Å². The number of hydrogen-bond donors (Lipinski definition) is 0. The number of sulfonamides is 1. The van der Waals surface area contributed by atoms with Crippen molar-refractivity contribution in [2.75, 3.05) is 32.1 Å². The molecule has 0 N–H and O–H groups in total. The topological polar surface area (TPSA) is 55.8 Å². The first-order valence-corrected chi connectivity index (χ1v) is 8.35. The van der Waals surface area contributed by atoms with Crippen LogP contribution in [0.1, 0.15) is 33.1 Å². The largest absolute Gasteiger partial charge is 0.378 e. The first-order valence-electron chi connectivity index (χ1n) is 6.75. The fourth-order valence-electron chi connectivity index (χ4n) is 2.76. The summed E-state index contributed by atoms with van der Waals surface area (Å²) in [6.07, 6.45) is 2.62. The van der Waals surface area contributed by atoms with Gasteiger partial charge in [0.2, 0.25) is 10.0 Å². The highest BCUT2D eigenvalue weighted by molar-refractivity contribution is 7.89. The summed E-state index contributed by atoms with van der Waals surface area (Å²) < 4.78 is 36.7. The third kappa shape index (κ3) is 2.87. The Hall–Kier alpha value is -0.170. The molecule has 2 fully saturated rings. The molecule has 18 heavy (non-hydrogen) atoms. The maximum atomic E-state index is 11.9. The number of ether oxygens (including phenoxy) is 2. The lowest BCUT2D eigenvalue weighted by atomic mass is 9.86. The van der Waals surface area contributed by atoms with Crippen LogP contribution < -0.4 is 0 Å². The number of rotatable bonds is 5. The van der Waals surface area contributed by atoms with E-state index in [4.69, 9.17) is 9.47 Å². The van der Waals surface area contributed by atoms with E-state index in [2.05, 4.69) is 0 Å². The van der Waals surface area contributed by atoms with E-state index in [1.165, 1.54) is 0 Å². The van der Waals surface area contributed by atoms with Crippen LogP contribution in [0.25, 0.3) is 0 Å². The van der Waals surface area contributed by atoms with Crippen molar-refractivity contribution in [3.8, 4) is 0 Å². The van der Waals surface area contributed by atoms with Crippen molar-refractivity contribution in [3.05, 3.63) is 0 Å². The van der Waals surface area contributed by atoms with Crippen molar-refractivity contribution in [2.24, 2.45) is 0 Å². The minimum atomic E-state index is -3.07. The van der Waals surface area contributed by atoms with E-state index < -0.39 is 10.0 Å². The Balaban J connectivity index is 1.90. The lowest BCUT2D eigenvalue weighted by molar-refractivity contribution is -0.177. The highest BCUT2D eigenvalue weighted by atomic mass is 32.2. The summed E-state index contributed by atoms with van der Waals surface area (Å²) in [6, 6.07) is 0. The van der Waals surface area contributed by atoms with E-state index in [-0.39, 0.29) is 17.5 Å². The fraction of sp³-hybridized carbons (Fsp3) is 1.00. The Labute approximate surface area is 109 Å². The summed E-state index contributed by atoms with van der Waals surface area (Å²) in [5.74, 6) is 0.234. The molecule has 1 atom stereocenters. The zero-order valence-electron chi connectivity index (χ0n) is 11.2. The summed E-state index contributed by atoms with van der Waals surface area (Å²) in [5.41, 5.74) is -0.279. The van der Waals surface area contributed by atoms with E-state index in [1.54, 1.807) is 4.31 Å². The smallest absolute Gasteiger partial charge is 0.214 e. The SMILES string of the molecule is CCCS(=O)(=O)N1CC2(C[C@H](OCC)CCO2)C1. The lowest BCUT2D eigenvalue weighted by Gasteiger charge is -2.52. The molecule has 0 aliphatic carbocycles. The molecule has 2 saturated heterocycles. The van der Waals surface area contributed by atoms with Crippen molar-refractivity contribution in [3.63, 3.8) is 0 Å². The molecule has 0 aromatic rings. The molecule has 0 bridgehead atoms. The molecule has 2 aliphatic heterocycles. The van der Waals surface area contributed by atoms with Gasteiger partial charge in [0.05, 0.1) is 17.5 Å². The number of nitrogens with zero attached hydrogens (tertiary/aromatic N) is 1. The monoisotopic (exact) mass is 277 g/mol. The third-order valence-corrected chi connectivity index (χ3v) is 5.60. The van der Waals surface area contributed by atoms with Crippen LogP contribution in [0.5, 0.6) is 0 Å². The Morgan fingerprint density at radius 3 is 2.72 bits per heavy atom. The summed E-state index contributed by atoms with van der Waals surface area (Å²) >= 11 is 0. The van der Waals surface area contributed by atoms with Crippen LogP contribution in [0, 0.1) is 0 Å². The first-order chi connectivity index (χ1) is 8.51. The van der Waals surface area contributed by atoms with Gasteiger partial charge in [-0.05, 0) is 19.8 Å². The van der Waals surface area contributed by atoms with Gasteiger partial charge in [0.1, 0.15) is 0 Å². The van der Waals surface area contributed by atoms with Crippen molar-refractivity contribution < 1.29 is 17.9 Å². The van der Waals surface area contributed by atoms with Gasteiger partial charge in [-0.1, -0.05) is 6.92 Å². The van der Waals surface area contributed by atoms with Gasteiger partial charge < -0.3 is 9.47 Å². The minimum Gasteiger partial charge on any atom is -0.378 e. The van der Waals surface area contributed by atoms with E-state index >= 15 is 0 Å². The van der Waals surface area contributed by atoms with Crippen LogP contribution >= 0.6 is 0 Å². The predicted molar refractivity (Wildman–Crippen MR) is 69.0 cm³/mol. The molecule has 2 rings (SSSR count). The zero-order chi connectivity index (χ0) is 13.2. The molecule has 0 aromatic heterocycles. The zero-order valence-corrected chi connectivity index (χ0v) is 12.0. The summed E-state index contributed by atoms with van der Waals surface area (Å²) in [6.45, 7) is 6.25. The van der Waals surface area contributed by atoms with Gasteiger partial charge >= 0.3 is 0 Å². The van der Waals surface area contributed by atoms with E-state index in [1.807, 2.05) is 13.8 Å². The van der Waals surface area contributed by atoms with E-state index in [9.17, 15) is 8.42 Å². The standard InChI is InChI=1S/C12H23NO4S/c1-3-7-18(14,15)13-9-12(10-13)8-11(16-4-2)5-6-17-12/h11H,3-10H2,1-2H3/t11-/m1/s1. The molecule has 2 aliphatic rings. The second-order valence-electron chi connectivity index (χ2n) is 5.19. The molecular weight excluding hydrogens is 254 g/mol. The lowest BCUT2D eigenvalue weighted by Crippen LogP contribution is -2.67. The average Bonchev–Trinajstić information content (AvgIpc) is 2.26. The maximum Gasteiger partial charge on any atom is 0.214 e. The van der Waals surface area contributed by atoms with Crippen LogP contribution in [-0.2, 0) is 19.5 Å². The molecule has 106 valence electrons. The van der Waals surface area contributed by atoms with Gasteiger partial charge in [0.15, 0.2) is 0 Å². The highest BCUT2D eigenvalue weighted by Gasteiger charge is 2.51. The molecule has 0 radical (unpaired) electrons. The summed E-state index contributed by atoms with van der Waals surface area (Å²) in [7, 11) is -3.07. The normalized spacial score (nSPS) is 28.2. The van der Waals surface area contributed by atoms with Crippen LogP contribution in [0.15, 0.2) is 0 Å². The maximum absolute atomic E-state index is 11.9. The summed E-state index contributed by atoms with van der Waals surface area (Å²) in [4.78, 5) is 0. The van der Waals surface area contributed by atoms with Crippen molar-refractivity contribution in [1.82, 2.24) is 4.31 Å². The van der Waals surface area contributed by atoms with Gasteiger partial charge in [0, 0.05) is 32.7 Å². The Kier molecular flexibility index (Phi) is 4.31. The minimum absolute atomic E-state index is 0.222. The molecule has 5 nitrogen and oxygen atoms in total. The quantitative estimate of drug-likeness (QED) is 0.752. The Bertz CT molecular complexity index is 374. The molecule has 2 heterocycles. The van der Waals surface area contributed by atoms with Gasteiger partial charge in [0.25, 0.3) is 0 Å². The Morgan fingerprint density at radius 2 is 2.11 bits per heavy atom. The fourth-order valence-corrected chi connectivity index (χ4v) is 4.40. The second-order valence-corrected chi connectivity index (χ2v) is 7.27. The molecule has 6 heteroatoms. The average molecular weight is 277 g/mol. The first kappa shape index (κ1) is 14.2. The van der Waals surface area contributed by atoms with Crippen molar-refractivity contribution in [1.29, 1.82) is 0 Å². The molecule has 0 unspecified atom stereocenters. The Morgan fingerprint density at radius 1 is 1.39 bits per heavy atom. The van der Waals surface area contributed by atoms with E-state index in [0.717, 1.165) is 12.8 Å². The second kappa shape index (κ2) is 5.45.